The van der Waals surface area contributed by atoms with Crippen LogP contribution in [0.15, 0.2) is 54.6 Å². The zero-order chi connectivity index (χ0) is 25.1. The molecule has 2 amide bonds. The second-order valence-corrected chi connectivity index (χ2v) is 7.88. The molecule has 0 aliphatic carbocycles. The molecule has 0 saturated carbocycles. The topological polar surface area (TPSA) is 136 Å². The van der Waals surface area contributed by atoms with Gasteiger partial charge in [-0.2, -0.15) is 12.6 Å². The van der Waals surface area contributed by atoms with E-state index in [-0.39, 0.29) is 26.1 Å². The van der Waals surface area contributed by atoms with Gasteiger partial charge in [-0.3, -0.25) is 4.79 Å². The molecule has 10 heteroatoms. The van der Waals surface area contributed by atoms with Crippen molar-refractivity contribution in [3.05, 3.63) is 71.3 Å². The molecule has 2 aromatic carbocycles. The van der Waals surface area contributed by atoms with Gasteiger partial charge in [-0.25, -0.2) is 19.3 Å². The summed E-state index contributed by atoms with van der Waals surface area (Å²) in [5, 5.41) is 9.65. The van der Waals surface area contributed by atoms with Crippen LogP contribution in [0.4, 0.5) is 4.79 Å². The first kappa shape index (κ1) is 27.0. The fraction of sp³-hybridized carbons (Fsp3) is 0.333. The van der Waals surface area contributed by atoms with Crippen LogP contribution in [0.1, 0.15) is 30.0 Å². The summed E-state index contributed by atoms with van der Waals surface area (Å²) in [4.78, 5) is 51.2. The highest BCUT2D eigenvalue weighted by Crippen LogP contribution is 2.18. The number of nitrogens with zero attached hydrogens (tertiary/aromatic N) is 1. The molecule has 2 rings (SSSR count). The van der Waals surface area contributed by atoms with E-state index < -0.39 is 36.0 Å². The normalized spacial score (nSPS) is 12.4. The summed E-state index contributed by atoms with van der Waals surface area (Å²) >= 11 is 4.00. The average Bonchev–Trinajstić information content (AvgIpc) is 2.83. The lowest BCUT2D eigenvalue weighted by Crippen LogP contribution is -2.51. The molecule has 0 spiro atoms. The number of nitrogens with two attached hydrogens (primary N) is 1. The number of benzene rings is 2. The van der Waals surface area contributed by atoms with E-state index in [2.05, 4.69) is 12.6 Å². The molecule has 182 valence electrons. The van der Waals surface area contributed by atoms with Crippen molar-refractivity contribution in [2.75, 3.05) is 5.75 Å². The molecule has 0 aliphatic heterocycles. The van der Waals surface area contributed by atoms with Gasteiger partial charge in [0, 0.05) is 13.3 Å². The lowest BCUT2D eigenvalue weighted by molar-refractivity contribution is -0.165. The van der Waals surface area contributed by atoms with E-state index >= 15 is 0 Å². The van der Waals surface area contributed by atoms with Crippen molar-refractivity contribution in [1.29, 1.82) is 0 Å². The van der Waals surface area contributed by atoms with Crippen molar-refractivity contribution in [3.8, 4) is 0 Å². The van der Waals surface area contributed by atoms with E-state index in [0.717, 1.165) is 6.92 Å². The Balaban J connectivity index is 2.33. The van der Waals surface area contributed by atoms with Crippen molar-refractivity contribution >= 4 is 36.6 Å². The summed E-state index contributed by atoms with van der Waals surface area (Å²) in [6.07, 6.45) is -1.11. The first-order valence-corrected chi connectivity index (χ1v) is 11.2. The third kappa shape index (κ3) is 7.68. The Hall–Kier alpha value is -3.21. The molecule has 0 radical (unpaired) electrons. The number of aliphatic hydroxyl groups is 1. The highest BCUT2D eigenvalue weighted by atomic mass is 32.1. The lowest BCUT2D eigenvalue weighted by Gasteiger charge is -2.27. The van der Waals surface area contributed by atoms with E-state index in [1.54, 1.807) is 54.6 Å². The number of hydrogen-bond donors (Lipinski definition) is 3. The Labute approximate surface area is 203 Å². The average molecular weight is 489 g/mol. The number of aliphatic hydroxyl groups excluding tert-OH is 1. The highest BCUT2D eigenvalue weighted by molar-refractivity contribution is 7.80. The molecule has 2 atom stereocenters. The molecule has 34 heavy (non-hydrogen) atoms. The van der Waals surface area contributed by atoms with Crippen LogP contribution in [0, 0.1) is 0 Å². The van der Waals surface area contributed by atoms with Gasteiger partial charge in [0.25, 0.3) is 0 Å². The number of carbonyl (C=O) groups is 4. The maximum Gasteiger partial charge on any atom is 0.417 e. The first-order chi connectivity index (χ1) is 16.3. The number of rotatable bonds is 10. The number of carbonyl (C=O) groups excluding carboxylic acids is 4. The van der Waals surface area contributed by atoms with E-state index in [1.807, 2.05) is 0 Å². The minimum atomic E-state index is -1.53. The maximum absolute atomic E-state index is 13.0. The van der Waals surface area contributed by atoms with Gasteiger partial charge in [0.2, 0.25) is 5.91 Å². The minimum absolute atomic E-state index is 0.135. The Kier molecular flexibility index (Phi) is 10.7. The SMILES string of the molecule is CC(=O)N(C(=O)OCc1ccccc1)[C@@H](Cc1ccccc1CO)C(=O)OC(=O)[C@@H](N)CCS. The second-order valence-electron chi connectivity index (χ2n) is 7.43. The molecule has 3 N–H and O–H groups in total. The molecule has 0 fully saturated rings. The third-order valence-corrected chi connectivity index (χ3v) is 5.23. The molecule has 0 heterocycles. The van der Waals surface area contributed by atoms with Gasteiger partial charge in [-0.05, 0) is 28.9 Å². The number of esters is 2. The fourth-order valence-electron chi connectivity index (χ4n) is 3.16. The van der Waals surface area contributed by atoms with Gasteiger partial charge in [0.1, 0.15) is 18.7 Å². The van der Waals surface area contributed by atoms with Crippen LogP contribution in [-0.4, -0.2) is 51.8 Å². The Morgan fingerprint density at radius 3 is 2.21 bits per heavy atom. The molecule has 0 bridgehead atoms. The number of ether oxygens (including phenoxy) is 2. The molecule has 0 saturated heterocycles. The Bertz CT molecular complexity index is 1000. The van der Waals surface area contributed by atoms with Crippen LogP contribution in [-0.2, 0) is 43.5 Å². The monoisotopic (exact) mass is 488 g/mol. The largest absolute Gasteiger partial charge is 0.444 e. The second kappa shape index (κ2) is 13.5. The van der Waals surface area contributed by atoms with Crippen molar-refractivity contribution in [1.82, 2.24) is 4.90 Å². The fourth-order valence-corrected chi connectivity index (χ4v) is 3.44. The predicted octanol–water partition coefficient (Wildman–Crippen LogP) is 1.99. The maximum atomic E-state index is 13.0. The number of hydrogen-bond acceptors (Lipinski definition) is 9. The van der Waals surface area contributed by atoms with Gasteiger partial charge in [0.05, 0.1) is 6.61 Å². The Morgan fingerprint density at radius 1 is 1.00 bits per heavy atom. The number of thiol groups is 1. The van der Waals surface area contributed by atoms with E-state index in [1.165, 1.54) is 0 Å². The van der Waals surface area contributed by atoms with Crippen LogP contribution in [0.5, 0.6) is 0 Å². The van der Waals surface area contributed by atoms with E-state index in [0.29, 0.717) is 27.3 Å². The van der Waals surface area contributed by atoms with Crippen LogP contribution >= 0.6 is 12.6 Å². The number of imide groups is 1. The number of amides is 2. The highest BCUT2D eigenvalue weighted by Gasteiger charge is 2.37. The smallest absolute Gasteiger partial charge is 0.417 e. The summed E-state index contributed by atoms with van der Waals surface area (Å²) in [6.45, 7) is 0.628. The molecule has 9 nitrogen and oxygen atoms in total. The van der Waals surface area contributed by atoms with E-state index in [9.17, 15) is 24.3 Å². The predicted molar refractivity (Wildman–Crippen MR) is 127 cm³/mol. The Morgan fingerprint density at radius 2 is 1.62 bits per heavy atom. The van der Waals surface area contributed by atoms with Gasteiger partial charge in [0.15, 0.2) is 0 Å². The molecular formula is C24H28N2O7S. The summed E-state index contributed by atoms with van der Waals surface area (Å²) < 4.78 is 10.2. The first-order valence-electron chi connectivity index (χ1n) is 10.6. The summed E-state index contributed by atoms with van der Waals surface area (Å²) in [5.41, 5.74) is 7.35. The van der Waals surface area contributed by atoms with Crippen molar-refractivity contribution in [3.63, 3.8) is 0 Å². The third-order valence-electron chi connectivity index (χ3n) is 4.97. The molecule has 0 aromatic heterocycles. The molecule has 0 aliphatic rings. The molecular weight excluding hydrogens is 460 g/mol. The summed E-state index contributed by atoms with van der Waals surface area (Å²) in [7, 11) is 0. The minimum Gasteiger partial charge on any atom is -0.444 e. The lowest BCUT2D eigenvalue weighted by atomic mass is 9.99. The van der Waals surface area contributed by atoms with Gasteiger partial charge < -0.3 is 20.3 Å². The molecule has 2 aromatic rings. The van der Waals surface area contributed by atoms with E-state index in [4.69, 9.17) is 15.2 Å². The summed E-state index contributed by atoms with van der Waals surface area (Å²) in [6, 6.07) is 12.8. The zero-order valence-electron chi connectivity index (χ0n) is 18.8. The van der Waals surface area contributed by atoms with Gasteiger partial charge in [-0.1, -0.05) is 54.6 Å². The van der Waals surface area contributed by atoms with Crippen LogP contribution in [0.25, 0.3) is 0 Å². The molecule has 0 unspecified atom stereocenters. The van der Waals surface area contributed by atoms with Crippen LogP contribution in [0.2, 0.25) is 0 Å². The summed E-state index contributed by atoms with van der Waals surface area (Å²) in [5.74, 6) is -2.63. The van der Waals surface area contributed by atoms with Crippen molar-refractivity contribution < 1.29 is 33.8 Å². The zero-order valence-corrected chi connectivity index (χ0v) is 19.6. The van der Waals surface area contributed by atoms with Gasteiger partial charge >= 0.3 is 18.0 Å². The standard InChI is InChI=1S/C24H28N2O7S/c1-16(28)26(24(31)32-15-17-7-3-2-4-8-17)21(13-18-9-5-6-10-19(18)14-27)23(30)33-22(29)20(25)11-12-34/h2-10,20-21,27,34H,11-15,25H2,1H3/t20-,21-/m0/s1. The van der Waals surface area contributed by atoms with Crippen LogP contribution in [0.3, 0.4) is 0 Å². The van der Waals surface area contributed by atoms with Crippen molar-refractivity contribution in [2.45, 2.75) is 45.1 Å². The van der Waals surface area contributed by atoms with Gasteiger partial charge in [-0.15, -0.1) is 0 Å². The quantitative estimate of drug-likeness (QED) is 0.262. The van der Waals surface area contributed by atoms with Crippen molar-refractivity contribution in [2.24, 2.45) is 5.73 Å². The van der Waals surface area contributed by atoms with Crippen LogP contribution < -0.4 is 5.73 Å².